The van der Waals surface area contributed by atoms with E-state index in [9.17, 15) is 15.0 Å². The average Bonchev–Trinajstić information content (AvgIpc) is 2.84. The number of aryl methyl sites for hydroxylation is 1. The second-order valence-electron chi connectivity index (χ2n) is 4.61. The number of nitrogens with one attached hydrogen (secondary N) is 1. The van der Waals surface area contributed by atoms with Gasteiger partial charge in [0.2, 0.25) is 0 Å². The zero-order valence-electron chi connectivity index (χ0n) is 10.8. The highest BCUT2D eigenvalue weighted by atomic mass is 16.5. The predicted octanol–water partition coefficient (Wildman–Crippen LogP) is -0.856. The maximum absolute atomic E-state index is 12.1. The number of aromatic nitrogens is 2. The van der Waals surface area contributed by atoms with Gasteiger partial charge in [0.15, 0.2) is 0 Å². The van der Waals surface area contributed by atoms with Crippen LogP contribution >= 0.6 is 0 Å². The van der Waals surface area contributed by atoms with Crippen molar-refractivity contribution in [1.29, 1.82) is 0 Å². The highest BCUT2D eigenvalue weighted by Crippen LogP contribution is 2.10. The molecule has 1 aromatic rings. The van der Waals surface area contributed by atoms with Crippen molar-refractivity contribution in [1.82, 2.24) is 15.1 Å². The van der Waals surface area contributed by atoms with Crippen LogP contribution in [0.15, 0.2) is 12.3 Å². The van der Waals surface area contributed by atoms with Crippen molar-refractivity contribution in [3.63, 3.8) is 0 Å². The number of aliphatic hydroxyl groups excluding tert-OH is 2. The number of amides is 1. The molecule has 2 heterocycles. The monoisotopic (exact) mass is 269 g/mol. The van der Waals surface area contributed by atoms with Crippen LogP contribution in [0.5, 0.6) is 0 Å². The molecule has 0 saturated carbocycles. The highest BCUT2D eigenvalue weighted by Gasteiger charge is 2.32. The lowest BCUT2D eigenvalue weighted by Gasteiger charge is -2.32. The highest BCUT2D eigenvalue weighted by molar-refractivity contribution is 5.92. The smallest absolute Gasteiger partial charge is 0.269 e. The molecule has 1 aliphatic rings. The van der Waals surface area contributed by atoms with Gasteiger partial charge in [0.1, 0.15) is 17.9 Å². The molecule has 0 aromatic carbocycles. The first-order valence-electron chi connectivity index (χ1n) is 6.40. The number of aliphatic hydroxyl groups is 2. The first-order chi connectivity index (χ1) is 9.13. The van der Waals surface area contributed by atoms with Gasteiger partial charge in [-0.2, -0.15) is 5.10 Å². The Hall–Kier alpha value is -1.44. The van der Waals surface area contributed by atoms with Gasteiger partial charge >= 0.3 is 0 Å². The molecule has 0 aliphatic carbocycles. The van der Waals surface area contributed by atoms with Crippen molar-refractivity contribution in [2.75, 3.05) is 13.2 Å². The fourth-order valence-electron chi connectivity index (χ4n) is 2.07. The van der Waals surface area contributed by atoms with E-state index in [2.05, 4.69) is 10.4 Å². The summed E-state index contributed by atoms with van der Waals surface area (Å²) in [7, 11) is 0. The van der Waals surface area contributed by atoms with Gasteiger partial charge in [-0.25, -0.2) is 0 Å². The Bertz CT molecular complexity index is 434. The maximum atomic E-state index is 12.1. The number of hydrogen-bond acceptors (Lipinski definition) is 5. The summed E-state index contributed by atoms with van der Waals surface area (Å²) < 4.78 is 6.73. The number of ether oxygens (including phenoxy) is 1. The van der Waals surface area contributed by atoms with Gasteiger partial charge in [-0.3, -0.25) is 9.48 Å². The molecule has 0 spiro atoms. The molecule has 1 fully saturated rings. The van der Waals surface area contributed by atoms with Crippen LogP contribution < -0.4 is 5.32 Å². The Balaban J connectivity index is 2.02. The number of nitrogens with zero attached hydrogens (tertiary/aromatic N) is 2. The summed E-state index contributed by atoms with van der Waals surface area (Å²) in [6.07, 6.45) is 0.447. The largest absolute Gasteiger partial charge is 0.388 e. The molecule has 0 unspecified atom stereocenters. The van der Waals surface area contributed by atoms with Crippen LogP contribution in [0.1, 0.15) is 23.8 Å². The summed E-state index contributed by atoms with van der Waals surface area (Å²) in [5.74, 6) is -0.326. The van der Waals surface area contributed by atoms with E-state index >= 15 is 0 Å². The predicted molar refractivity (Wildman–Crippen MR) is 66.6 cm³/mol. The molecule has 1 saturated heterocycles. The molecule has 1 aliphatic heterocycles. The van der Waals surface area contributed by atoms with Gasteiger partial charge in [0.05, 0.1) is 19.3 Å². The van der Waals surface area contributed by atoms with E-state index < -0.39 is 18.2 Å². The van der Waals surface area contributed by atoms with Crippen LogP contribution in [0.4, 0.5) is 0 Å². The summed E-state index contributed by atoms with van der Waals surface area (Å²) in [5, 5.41) is 26.0. The van der Waals surface area contributed by atoms with Crippen molar-refractivity contribution in [3.05, 3.63) is 18.0 Å². The van der Waals surface area contributed by atoms with Gasteiger partial charge < -0.3 is 20.3 Å². The lowest BCUT2D eigenvalue weighted by molar-refractivity contribution is -0.102. The molecule has 19 heavy (non-hydrogen) atoms. The summed E-state index contributed by atoms with van der Waals surface area (Å²) >= 11 is 0. The molecule has 1 aromatic heterocycles. The SMILES string of the molecule is CCCn1nccc1C(=O)N[C@@H]1COC[C@@H](O)[C@H]1O. The average molecular weight is 269 g/mol. The topological polar surface area (TPSA) is 96.6 Å². The zero-order chi connectivity index (χ0) is 13.8. The van der Waals surface area contributed by atoms with Gasteiger partial charge in [-0.15, -0.1) is 0 Å². The Morgan fingerprint density at radius 2 is 2.37 bits per heavy atom. The third-order valence-corrected chi connectivity index (χ3v) is 3.09. The fraction of sp³-hybridized carbons (Fsp3) is 0.667. The molecule has 3 N–H and O–H groups in total. The van der Waals surface area contributed by atoms with Crippen molar-refractivity contribution < 1.29 is 19.7 Å². The van der Waals surface area contributed by atoms with Crippen molar-refractivity contribution in [3.8, 4) is 0 Å². The number of hydrogen-bond donors (Lipinski definition) is 3. The van der Waals surface area contributed by atoms with Crippen LogP contribution in [-0.4, -0.2) is 57.4 Å². The second kappa shape index (κ2) is 6.14. The second-order valence-corrected chi connectivity index (χ2v) is 4.61. The van der Waals surface area contributed by atoms with E-state index in [-0.39, 0.29) is 19.1 Å². The van der Waals surface area contributed by atoms with Gasteiger partial charge in [-0.1, -0.05) is 6.92 Å². The lowest BCUT2D eigenvalue weighted by atomic mass is 10.0. The molecule has 2 rings (SSSR count). The standard InChI is InChI=1S/C12H19N3O4/c1-2-5-15-9(3-4-13-15)12(18)14-8-6-19-7-10(16)11(8)17/h3-4,8,10-11,16-17H,2,5-7H2,1H3,(H,14,18)/t8-,10-,11+/m1/s1. The zero-order valence-corrected chi connectivity index (χ0v) is 10.8. The maximum Gasteiger partial charge on any atom is 0.269 e. The summed E-state index contributed by atoms with van der Waals surface area (Å²) in [6, 6.07) is 1.01. The third kappa shape index (κ3) is 3.12. The number of carbonyl (C=O) groups is 1. The summed E-state index contributed by atoms with van der Waals surface area (Å²) in [4.78, 5) is 12.1. The Morgan fingerprint density at radius 1 is 1.58 bits per heavy atom. The Morgan fingerprint density at radius 3 is 3.11 bits per heavy atom. The van der Waals surface area contributed by atoms with E-state index in [1.165, 1.54) is 0 Å². The van der Waals surface area contributed by atoms with Gasteiger partial charge in [-0.05, 0) is 12.5 Å². The molecule has 0 radical (unpaired) electrons. The third-order valence-electron chi connectivity index (χ3n) is 3.09. The molecular formula is C12H19N3O4. The minimum Gasteiger partial charge on any atom is -0.388 e. The lowest BCUT2D eigenvalue weighted by Crippen LogP contribution is -2.56. The molecule has 0 bridgehead atoms. The van der Waals surface area contributed by atoms with E-state index in [0.29, 0.717) is 12.2 Å². The van der Waals surface area contributed by atoms with E-state index in [1.807, 2.05) is 6.92 Å². The van der Waals surface area contributed by atoms with E-state index in [4.69, 9.17) is 4.74 Å². The van der Waals surface area contributed by atoms with Gasteiger partial charge in [0, 0.05) is 12.7 Å². The fourth-order valence-corrected chi connectivity index (χ4v) is 2.07. The summed E-state index contributed by atoms with van der Waals surface area (Å²) in [6.45, 7) is 2.92. The number of carbonyl (C=O) groups excluding carboxylic acids is 1. The van der Waals surface area contributed by atoms with E-state index in [0.717, 1.165) is 6.42 Å². The van der Waals surface area contributed by atoms with Crippen molar-refractivity contribution in [2.45, 2.75) is 38.1 Å². The van der Waals surface area contributed by atoms with Crippen LogP contribution in [0.25, 0.3) is 0 Å². The van der Waals surface area contributed by atoms with E-state index in [1.54, 1.807) is 16.9 Å². The van der Waals surface area contributed by atoms with Crippen molar-refractivity contribution >= 4 is 5.91 Å². The first-order valence-corrected chi connectivity index (χ1v) is 6.40. The Kier molecular flexibility index (Phi) is 4.52. The molecule has 3 atom stereocenters. The van der Waals surface area contributed by atoms with Crippen LogP contribution in [0, 0.1) is 0 Å². The van der Waals surface area contributed by atoms with Crippen LogP contribution in [-0.2, 0) is 11.3 Å². The molecule has 106 valence electrons. The molecular weight excluding hydrogens is 250 g/mol. The van der Waals surface area contributed by atoms with Gasteiger partial charge in [0.25, 0.3) is 5.91 Å². The summed E-state index contributed by atoms with van der Waals surface area (Å²) in [5.41, 5.74) is 0.439. The Labute approximate surface area is 111 Å². The quantitative estimate of drug-likeness (QED) is 0.661. The molecule has 1 amide bonds. The first kappa shape index (κ1) is 14.0. The normalized spacial score (nSPS) is 27.2. The minimum absolute atomic E-state index is 0.0846. The van der Waals surface area contributed by atoms with Crippen molar-refractivity contribution in [2.24, 2.45) is 0 Å². The number of rotatable bonds is 4. The molecule has 7 nitrogen and oxygen atoms in total. The van der Waals surface area contributed by atoms with Crippen LogP contribution in [0.3, 0.4) is 0 Å². The minimum atomic E-state index is -1.01. The van der Waals surface area contributed by atoms with Crippen LogP contribution in [0.2, 0.25) is 0 Å². The molecule has 7 heteroatoms.